The molecule has 20 heavy (non-hydrogen) atoms. The minimum absolute atomic E-state index is 0.118. The number of aliphatic carboxylic acids is 1. The van der Waals surface area contributed by atoms with Crippen molar-refractivity contribution in [2.45, 2.75) is 52.1 Å². The summed E-state index contributed by atoms with van der Waals surface area (Å²) in [5, 5.41) is 9.60. The highest BCUT2D eigenvalue weighted by atomic mass is 16.5. The first-order valence-electron chi connectivity index (χ1n) is 7.20. The second-order valence-electron chi connectivity index (χ2n) is 6.85. The van der Waals surface area contributed by atoms with E-state index in [0.717, 1.165) is 5.56 Å². The van der Waals surface area contributed by atoms with Gasteiger partial charge in [0.25, 0.3) is 0 Å². The third kappa shape index (κ3) is 2.73. The van der Waals surface area contributed by atoms with Crippen molar-refractivity contribution in [3.8, 4) is 0 Å². The van der Waals surface area contributed by atoms with Gasteiger partial charge in [-0.05, 0) is 36.3 Å². The predicted octanol–water partition coefficient (Wildman–Crippen LogP) is 3.41. The van der Waals surface area contributed by atoms with Gasteiger partial charge in [0.15, 0.2) is 0 Å². The molecule has 1 aromatic rings. The molecule has 3 nitrogen and oxygen atoms in total. The van der Waals surface area contributed by atoms with Gasteiger partial charge in [0, 0.05) is 6.61 Å². The summed E-state index contributed by atoms with van der Waals surface area (Å²) in [5.74, 6) is -0.748. The fourth-order valence-corrected chi connectivity index (χ4v) is 2.86. The molecule has 1 N–H and O–H groups in total. The second kappa shape index (κ2) is 5.21. The van der Waals surface area contributed by atoms with E-state index in [1.165, 1.54) is 5.56 Å². The third-order valence-corrected chi connectivity index (χ3v) is 4.46. The van der Waals surface area contributed by atoms with E-state index in [1.807, 2.05) is 6.92 Å². The second-order valence-corrected chi connectivity index (χ2v) is 6.85. The molecule has 0 aliphatic carbocycles. The Hall–Kier alpha value is -1.35. The van der Waals surface area contributed by atoms with Crippen LogP contribution in [0.5, 0.6) is 0 Å². The zero-order valence-electron chi connectivity index (χ0n) is 12.8. The summed E-state index contributed by atoms with van der Waals surface area (Å²) in [6.45, 7) is 8.92. The largest absolute Gasteiger partial charge is 0.481 e. The zero-order valence-corrected chi connectivity index (χ0v) is 12.8. The molecule has 0 aromatic heterocycles. The van der Waals surface area contributed by atoms with Crippen LogP contribution in [0.25, 0.3) is 0 Å². The topological polar surface area (TPSA) is 46.5 Å². The molecule has 2 unspecified atom stereocenters. The Morgan fingerprint density at radius 2 is 1.95 bits per heavy atom. The molecule has 0 bridgehead atoms. The molecular weight excluding hydrogens is 252 g/mol. The fraction of sp³-hybridized carbons (Fsp3) is 0.588. The van der Waals surface area contributed by atoms with Gasteiger partial charge in [-0.3, -0.25) is 4.79 Å². The lowest BCUT2D eigenvalue weighted by Gasteiger charge is -2.28. The number of carboxylic acids is 1. The summed E-state index contributed by atoms with van der Waals surface area (Å²) >= 11 is 0. The average molecular weight is 276 g/mol. The van der Waals surface area contributed by atoms with Crippen molar-refractivity contribution in [2.75, 3.05) is 6.61 Å². The summed E-state index contributed by atoms with van der Waals surface area (Å²) < 4.78 is 5.50. The average Bonchev–Trinajstić information content (AvgIpc) is 2.71. The van der Waals surface area contributed by atoms with Crippen molar-refractivity contribution in [3.05, 3.63) is 35.4 Å². The highest BCUT2D eigenvalue weighted by Gasteiger charge is 2.48. The van der Waals surface area contributed by atoms with E-state index in [4.69, 9.17) is 4.74 Å². The Bertz CT molecular complexity index is 484. The van der Waals surface area contributed by atoms with E-state index in [-0.39, 0.29) is 11.5 Å². The van der Waals surface area contributed by atoms with Gasteiger partial charge in [-0.15, -0.1) is 0 Å². The molecule has 1 heterocycles. The Balaban J connectivity index is 2.22. The van der Waals surface area contributed by atoms with Gasteiger partial charge in [-0.1, -0.05) is 45.0 Å². The van der Waals surface area contributed by atoms with E-state index < -0.39 is 11.4 Å². The minimum atomic E-state index is -0.775. The van der Waals surface area contributed by atoms with Crippen molar-refractivity contribution >= 4 is 5.97 Å². The number of carbonyl (C=O) groups is 1. The van der Waals surface area contributed by atoms with Gasteiger partial charge in [0.05, 0.1) is 11.5 Å². The summed E-state index contributed by atoms with van der Waals surface area (Å²) in [5.41, 5.74) is 1.68. The van der Waals surface area contributed by atoms with Crippen LogP contribution >= 0.6 is 0 Å². The van der Waals surface area contributed by atoms with E-state index in [0.29, 0.717) is 19.4 Å². The molecule has 1 aliphatic heterocycles. The van der Waals surface area contributed by atoms with Gasteiger partial charge in [-0.25, -0.2) is 0 Å². The van der Waals surface area contributed by atoms with Gasteiger partial charge >= 0.3 is 5.97 Å². The van der Waals surface area contributed by atoms with E-state index in [1.54, 1.807) is 0 Å². The maximum absolute atomic E-state index is 11.7. The van der Waals surface area contributed by atoms with Gasteiger partial charge in [0.1, 0.15) is 0 Å². The molecule has 1 aliphatic rings. The van der Waals surface area contributed by atoms with Crippen LogP contribution < -0.4 is 0 Å². The predicted molar refractivity (Wildman–Crippen MR) is 78.9 cm³/mol. The normalized spacial score (nSPS) is 26.7. The summed E-state index contributed by atoms with van der Waals surface area (Å²) in [4.78, 5) is 11.7. The first-order chi connectivity index (χ1) is 9.25. The van der Waals surface area contributed by atoms with Crippen LogP contribution in [-0.2, 0) is 21.4 Å². The van der Waals surface area contributed by atoms with Gasteiger partial charge < -0.3 is 9.84 Å². The van der Waals surface area contributed by atoms with Crippen molar-refractivity contribution < 1.29 is 14.6 Å². The van der Waals surface area contributed by atoms with E-state index >= 15 is 0 Å². The van der Waals surface area contributed by atoms with Crippen LogP contribution in [-0.4, -0.2) is 23.8 Å². The molecule has 0 amide bonds. The fourth-order valence-electron chi connectivity index (χ4n) is 2.86. The van der Waals surface area contributed by atoms with Gasteiger partial charge in [-0.2, -0.15) is 0 Å². The lowest BCUT2D eigenvalue weighted by Crippen LogP contribution is -2.39. The van der Waals surface area contributed by atoms with Crippen LogP contribution in [0.15, 0.2) is 24.3 Å². The molecule has 1 saturated heterocycles. The maximum Gasteiger partial charge on any atom is 0.312 e. The van der Waals surface area contributed by atoms with E-state index in [9.17, 15) is 9.90 Å². The smallest absolute Gasteiger partial charge is 0.312 e. The Kier molecular flexibility index (Phi) is 3.92. The van der Waals surface area contributed by atoms with E-state index in [2.05, 4.69) is 45.0 Å². The summed E-state index contributed by atoms with van der Waals surface area (Å²) in [7, 11) is 0. The van der Waals surface area contributed by atoms with Crippen molar-refractivity contribution in [1.82, 2.24) is 0 Å². The Morgan fingerprint density at radius 3 is 2.35 bits per heavy atom. The van der Waals surface area contributed by atoms with Gasteiger partial charge in [0.2, 0.25) is 0 Å². The maximum atomic E-state index is 11.7. The summed E-state index contributed by atoms with van der Waals surface area (Å²) in [6, 6.07) is 8.31. The Labute approximate surface area is 121 Å². The van der Waals surface area contributed by atoms with Crippen molar-refractivity contribution in [3.63, 3.8) is 0 Å². The number of rotatable bonds is 3. The first-order valence-corrected chi connectivity index (χ1v) is 7.20. The standard InChI is InChI=1S/C17H24O3/c1-12-17(15(18)19,9-10-20-12)11-13-5-7-14(8-6-13)16(2,3)4/h5-8,12H,9-11H2,1-4H3,(H,18,19). The molecule has 1 aromatic carbocycles. The third-order valence-electron chi connectivity index (χ3n) is 4.46. The Morgan fingerprint density at radius 1 is 1.35 bits per heavy atom. The number of carboxylic acid groups (broad SMARTS) is 1. The lowest BCUT2D eigenvalue weighted by atomic mass is 9.76. The van der Waals surface area contributed by atoms with Crippen LogP contribution in [0.1, 0.15) is 45.2 Å². The first kappa shape index (κ1) is 15.0. The van der Waals surface area contributed by atoms with Crippen molar-refractivity contribution in [2.24, 2.45) is 5.41 Å². The molecule has 0 saturated carbocycles. The highest BCUT2D eigenvalue weighted by molar-refractivity contribution is 5.76. The molecule has 0 spiro atoms. The number of hydrogen-bond donors (Lipinski definition) is 1. The summed E-state index contributed by atoms with van der Waals surface area (Å²) in [6.07, 6.45) is 0.889. The quantitative estimate of drug-likeness (QED) is 0.920. The van der Waals surface area contributed by atoms with Crippen LogP contribution in [0, 0.1) is 5.41 Å². The minimum Gasteiger partial charge on any atom is -0.481 e. The van der Waals surface area contributed by atoms with Crippen LogP contribution in [0.3, 0.4) is 0 Å². The zero-order chi connectivity index (χ0) is 15.0. The molecular formula is C17H24O3. The molecule has 0 radical (unpaired) electrons. The number of hydrogen-bond acceptors (Lipinski definition) is 2. The molecule has 1 fully saturated rings. The molecule has 110 valence electrons. The highest BCUT2D eigenvalue weighted by Crippen LogP contribution is 2.38. The number of benzene rings is 1. The van der Waals surface area contributed by atoms with Crippen LogP contribution in [0.2, 0.25) is 0 Å². The molecule has 2 atom stereocenters. The SMILES string of the molecule is CC1OCCC1(Cc1ccc(C(C)(C)C)cc1)C(=O)O. The molecule has 2 rings (SSSR count). The van der Waals surface area contributed by atoms with Crippen molar-refractivity contribution in [1.29, 1.82) is 0 Å². The van der Waals surface area contributed by atoms with Crippen LogP contribution in [0.4, 0.5) is 0 Å². The number of ether oxygens (including phenoxy) is 1. The monoisotopic (exact) mass is 276 g/mol. The molecule has 3 heteroatoms. The lowest BCUT2D eigenvalue weighted by molar-refractivity contribution is -0.151.